The molecule has 0 unspecified atom stereocenters. The molecule has 4 N–H and O–H groups in total. The second kappa shape index (κ2) is 10.9. The molecule has 0 saturated carbocycles. The summed E-state index contributed by atoms with van der Waals surface area (Å²) in [5.41, 5.74) is 0.861. The first-order chi connectivity index (χ1) is 14.5. The average molecular weight is 434 g/mol. The topological polar surface area (TPSA) is 125 Å². The Bertz CT molecular complexity index is 837. The van der Waals surface area contributed by atoms with Gasteiger partial charge in [-0.3, -0.25) is 9.78 Å². The standard InChI is InChI=1S/C20H24ClN5O4/c21-13-1-3-14(4-2-13)25-20(29)24-8-7-15-5-6-16(18(12-27)30-15)26-19(28)17-11-22-9-10-23-17/h1-4,9-11,15-16,18,27H,5-8,12H2,(H,26,28)(H2,24,25,29)/t15-,16-,18+/m1/s1. The number of anilines is 1. The highest BCUT2D eigenvalue weighted by molar-refractivity contribution is 6.30. The summed E-state index contributed by atoms with van der Waals surface area (Å²) in [5.74, 6) is -0.353. The molecule has 2 aromatic rings. The van der Waals surface area contributed by atoms with Gasteiger partial charge in [0.2, 0.25) is 0 Å². The summed E-state index contributed by atoms with van der Waals surface area (Å²) in [6.45, 7) is 0.200. The molecule has 2 heterocycles. The number of rotatable bonds is 7. The second-order valence-electron chi connectivity index (χ2n) is 6.90. The van der Waals surface area contributed by atoms with Crippen molar-refractivity contribution in [2.24, 2.45) is 0 Å². The van der Waals surface area contributed by atoms with Crippen LogP contribution in [0, 0.1) is 0 Å². The molecule has 10 heteroatoms. The predicted octanol–water partition coefficient (Wildman–Crippen LogP) is 1.98. The number of halogens is 1. The van der Waals surface area contributed by atoms with Gasteiger partial charge in [-0.25, -0.2) is 9.78 Å². The Kier molecular flexibility index (Phi) is 7.95. The van der Waals surface area contributed by atoms with Gasteiger partial charge in [0, 0.05) is 29.6 Å². The van der Waals surface area contributed by atoms with E-state index in [9.17, 15) is 14.7 Å². The van der Waals surface area contributed by atoms with E-state index in [1.54, 1.807) is 24.3 Å². The minimum absolute atomic E-state index is 0.123. The molecule has 0 aliphatic carbocycles. The smallest absolute Gasteiger partial charge is 0.319 e. The van der Waals surface area contributed by atoms with E-state index in [-0.39, 0.29) is 36.4 Å². The van der Waals surface area contributed by atoms with E-state index in [2.05, 4.69) is 25.9 Å². The van der Waals surface area contributed by atoms with Crippen molar-refractivity contribution in [1.82, 2.24) is 20.6 Å². The van der Waals surface area contributed by atoms with Gasteiger partial charge in [0.25, 0.3) is 5.91 Å². The van der Waals surface area contributed by atoms with Crippen molar-refractivity contribution in [2.45, 2.75) is 37.5 Å². The molecule has 9 nitrogen and oxygen atoms in total. The average Bonchev–Trinajstić information content (AvgIpc) is 2.77. The summed E-state index contributed by atoms with van der Waals surface area (Å²) >= 11 is 5.82. The van der Waals surface area contributed by atoms with Crippen molar-refractivity contribution in [3.63, 3.8) is 0 Å². The van der Waals surface area contributed by atoms with E-state index in [1.807, 2.05) is 0 Å². The van der Waals surface area contributed by atoms with Crippen LogP contribution in [0.3, 0.4) is 0 Å². The lowest BCUT2D eigenvalue weighted by Crippen LogP contribution is -2.51. The first-order valence-electron chi connectivity index (χ1n) is 9.68. The molecule has 0 bridgehead atoms. The summed E-state index contributed by atoms with van der Waals surface area (Å²) in [4.78, 5) is 32.1. The molecule has 3 amide bonds. The second-order valence-corrected chi connectivity index (χ2v) is 7.34. The third kappa shape index (κ3) is 6.38. The molecule has 1 saturated heterocycles. The maximum Gasteiger partial charge on any atom is 0.319 e. The molecule has 3 atom stereocenters. The fourth-order valence-electron chi connectivity index (χ4n) is 3.22. The maximum absolute atomic E-state index is 12.3. The van der Waals surface area contributed by atoms with Crippen LogP contribution in [-0.4, -0.2) is 58.4 Å². The number of urea groups is 1. The number of nitrogens with zero attached hydrogens (tertiary/aromatic N) is 2. The molecule has 1 aliphatic heterocycles. The summed E-state index contributed by atoms with van der Waals surface area (Å²) in [5, 5.41) is 18.6. The first kappa shape index (κ1) is 21.9. The molecule has 0 spiro atoms. The fourth-order valence-corrected chi connectivity index (χ4v) is 3.35. The highest BCUT2D eigenvalue weighted by atomic mass is 35.5. The highest BCUT2D eigenvalue weighted by Crippen LogP contribution is 2.22. The van der Waals surface area contributed by atoms with Crippen LogP contribution in [-0.2, 0) is 4.74 Å². The minimum atomic E-state index is -0.521. The molecule has 1 aromatic heterocycles. The van der Waals surface area contributed by atoms with Gasteiger partial charge in [0.05, 0.1) is 24.9 Å². The Balaban J connectivity index is 1.40. The summed E-state index contributed by atoms with van der Waals surface area (Å²) in [7, 11) is 0. The zero-order valence-corrected chi connectivity index (χ0v) is 17.0. The number of nitrogens with one attached hydrogen (secondary N) is 3. The van der Waals surface area contributed by atoms with E-state index >= 15 is 0 Å². The largest absolute Gasteiger partial charge is 0.394 e. The summed E-state index contributed by atoms with van der Waals surface area (Å²) in [6.07, 6.45) is 5.62. The number of carbonyl (C=O) groups is 2. The van der Waals surface area contributed by atoms with Crippen LogP contribution in [0.2, 0.25) is 5.02 Å². The maximum atomic E-state index is 12.3. The van der Waals surface area contributed by atoms with Gasteiger partial charge >= 0.3 is 6.03 Å². The van der Waals surface area contributed by atoms with E-state index < -0.39 is 6.10 Å². The van der Waals surface area contributed by atoms with Crippen LogP contribution >= 0.6 is 11.6 Å². The van der Waals surface area contributed by atoms with Crippen LogP contribution in [0.4, 0.5) is 10.5 Å². The molecule has 0 radical (unpaired) electrons. The molecule has 1 aromatic carbocycles. The zero-order chi connectivity index (χ0) is 21.3. The van der Waals surface area contributed by atoms with Crippen molar-refractivity contribution in [3.05, 3.63) is 53.6 Å². The van der Waals surface area contributed by atoms with Crippen LogP contribution in [0.5, 0.6) is 0 Å². The van der Waals surface area contributed by atoms with Crippen molar-refractivity contribution in [2.75, 3.05) is 18.5 Å². The van der Waals surface area contributed by atoms with Gasteiger partial charge in [-0.1, -0.05) is 11.6 Å². The summed E-state index contributed by atoms with van der Waals surface area (Å²) < 4.78 is 5.91. The Labute approximate surface area is 179 Å². The highest BCUT2D eigenvalue weighted by Gasteiger charge is 2.32. The number of hydrogen-bond donors (Lipinski definition) is 4. The van der Waals surface area contributed by atoms with E-state index in [0.717, 1.165) is 0 Å². The number of ether oxygens (including phenoxy) is 1. The number of aromatic nitrogens is 2. The lowest BCUT2D eigenvalue weighted by atomic mass is 9.97. The quantitative estimate of drug-likeness (QED) is 0.529. The Morgan fingerprint density at radius 1 is 1.20 bits per heavy atom. The van der Waals surface area contributed by atoms with Crippen molar-refractivity contribution < 1.29 is 19.4 Å². The zero-order valence-electron chi connectivity index (χ0n) is 16.3. The number of benzene rings is 1. The molecule has 1 aliphatic rings. The van der Waals surface area contributed by atoms with Gasteiger partial charge in [-0.15, -0.1) is 0 Å². The molecule has 30 heavy (non-hydrogen) atoms. The SMILES string of the molecule is O=C(NCC[C@H]1CC[C@@H](NC(=O)c2cnccn2)[C@H](CO)O1)Nc1ccc(Cl)cc1. The number of aliphatic hydroxyl groups excluding tert-OH is 1. The van der Waals surface area contributed by atoms with Gasteiger partial charge in [-0.2, -0.15) is 0 Å². The number of hydrogen-bond acceptors (Lipinski definition) is 6. The monoisotopic (exact) mass is 433 g/mol. The lowest BCUT2D eigenvalue weighted by Gasteiger charge is -2.36. The Hall–Kier alpha value is -2.75. The van der Waals surface area contributed by atoms with Gasteiger partial charge in [0.15, 0.2) is 0 Å². The lowest BCUT2D eigenvalue weighted by molar-refractivity contribution is -0.0892. The molecule has 160 valence electrons. The molecule has 3 rings (SSSR count). The van der Waals surface area contributed by atoms with Crippen molar-refractivity contribution >= 4 is 29.2 Å². The van der Waals surface area contributed by atoms with Crippen molar-refractivity contribution in [1.29, 1.82) is 0 Å². The van der Waals surface area contributed by atoms with E-state index in [1.165, 1.54) is 18.6 Å². The number of amides is 3. The van der Waals surface area contributed by atoms with Crippen LogP contribution in [0.25, 0.3) is 0 Å². The third-order valence-electron chi connectivity index (χ3n) is 4.76. The normalized spacial score (nSPS) is 20.9. The van der Waals surface area contributed by atoms with Gasteiger partial charge < -0.3 is 25.8 Å². The van der Waals surface area contributed by atoms with E-state index in [0.29, 0.717) is 36.5 Å². The molecular weight excluding hydrogens is 410 g/mol. The van der Waals surface area contributed by atoms with Crippen LogP contribution < -0.4 is 16.0 Å². The summed E-state index contributed by atoms with van der Waals surface area (Å²) in [6, 6.07) is 6.19. The fraction of sp³-hybridized carbons (Fsp3) is 0.400. The molecular formula is C20H24ClN5O4. The third-order valence-corrected chi connectivity index (χ3v) is 5.01. The number of aliphatic hydroxyl groups is 1. The van der Waals surface area contributed by atoms with Crippen LogP contribution in [0.15, 0.2) is 42.9 Å². The van der Waals surface area contributed by atoms with Gasteiger partial charge in [-0.05, 0) is 43.5 Å². The Morgan fingerprint density at radius 3 is 2.70 bits per heavy atom. The van der Waals surface area contributed by atoms with E-state index in [4.69, 9.17) is 16.3 Å². The molecule has 1 fully saturated rings. The van der Waals surface area contributed by atoms with Crippen molar-refractivity contribution in [3.8, 4) is 0 Å². The first-order valence-corrected chi connectivity index (χ1v) is 10.1. The number of carbonyl (C=O) groups excluding carboxylic acids is 2. The minimum Gasteiger partial charge on any atom is -0.394 e. The van der Waals surface area contributed by atoms with Crippen LogP contribution in [0.1, 0.15) is 29.8 Å². The Morgan fingerprint density at radius 2 is 2.00 bits per heavy atom. The van der Waals surface area contributed by atoms with Gasteiger partial charge in [0.1, 0.15) is 11.8 Å². The predicted molar refractivity (Wildman–Crippen MR) is 111 cm³/mol.